The minimum absolute atomic E-state index is 0.231. The summed E-state index contributed by atoms with van der Waals surface area (Å²) >= 11 is 4.55. The van der Waals surface area contributed by atoms with Crippen LogP contribution in [-0.2, 0) is 17.2 Å². The Hall–Kier alpha value is -0.0200. The zero-order chi connectivity index (χ0) is 7.11. The first-order valence-corrected chi connectivity index (χ1v) is 3.53. The molecule has 0 fully saturated rings. The standard InChI is InChI=1S/C6H13NOS/c1-3-4-6(7-9)5-8-2/h6H,3-5H2,1-2H3. The van der Waals surface area contributed by atoms with Crippen molar-refractivity contribution in [3.05, 3.63) is 0 Å². The summed E-state index contributed by atoms with van der Waals surface area (Å²) in [4.78, 5) is 0. The van der Waals surface area contributed by atoms with Crippen molar-refractivity contribution in [2.24, 2.45) is 4.36 Å². The van der Waals surface area contributed by atoms with Crippen molar-refractivity contribution in [3.8, 4) is 0 Å². The van der Waals surface area contributed by atoms with Gasteiger partial charge >= 0.3 is 0 Å². The first-order chi connectivity index (χ1) is 4.35. The highest BCUT2D eigenvalue weighted by Crippen LogP contribution is 2.00. The summed E-state index contributed by atoms with van der Waals surface area (Å²) in [6.07, 6.45) is 2.16. The molecule has 9 heavy (non-hydrogen) atoms. The fourth-order valence-corrected chi connectivity index (χ4v) is 0.858. The van der Waals surface area contributed by atoms with Crippen molar-refractivity contribution in [1.82, 2.24) is 0 Å². The lowest BCUT2D eigenvalue weighted by molar-refractivity contribution is 0.178. The second-order valence-electron chi connectivity index (χ2n) is 2.00. The molecular formula is C6H13NOS. The van der Waals surface area contributed by atoms with Gasteiger partial charge in [0.1, 0.15) is 0 Å². The van der Waals surface area contributed by atoms with Gasteiger partial charge in [-0.3, -0.25) is 0 Å². The van der Waals surface area contributed by atoms with Crippen LogP contribution in [0.3, 0.4) is 0 Å². The molecule has 0 bridgehead atoms. The maximum Gasteiger partial charge on any atom is 0.0863 e. The van der Waals surface area contributed by atoms with E-state index in [2.05, 4.69) is 23.7 Å². The number of ether oxygens (including phenoxy) is 1. The predicted molar refractivity (Wildman–Crippen MR) is 40.4 cm³/mol. The van der Waals surface area contributed by atoms with E-state index in [1.54, 1.807) is 7.11 Å². The predicted octanol–water partition coefficient (Wildman–Crippen LogP) is 1.53. The molecule has 0 N–H and O–H groups in total. The monoisotopic (exact) mass is 147 g/mol. The van der Waals surface area contributed by atoms with Gasteiger partial charge in [0.25, 0.3) is 0 Å². The molecule has 0 heterocycles. The summed E-state index contributed by atoms with van der Waals surface area (Å²) in [7, 11) is 1.67. The third-order valence-electron chi connectivity index (χ3n) is 1.13. The first-order valence-electron chi connectivity index (χ1n) is 3.16. The van der Waals surface area contributed by atoms with Crippen LogP contribution in [0, 0.1) is 0 Å². The van der Waals surface area contributed by atoms with Crippen molar-refractivity contribution in [1.29, 1.82) is 0 Å². The van der Waals surface area contributed by atoms with Crippen LogP contribution in [0.1, 0.15) is 19.8 Å². The van der Waals surface area contributed by atoms with Gasteiger partial charge in [-0.15, -0.1) is 0 Å². The zero-order valence-electron chi connectivity index (χ0n) is 5.96. The van der Waals surface area contributed by atoms with Crippen LogP contribution in [0.15, 0.2) is 4.36 Å². The average Bonchev–Trinajstić information content (AvgIpc) is 1.88. The number of methoxy groups -OCH3 is 1. The molecule has 0 aromatic heterocycles. The van der Waals surface area contributed by atoms with Gasteiger partial charge in [-0.05, 0) is 6.42 Å². The molecule has 0 rings (SSSR count). The van der Waals surface area contributed by atoms with E-state index in [-0.39, 0.29) is 6.04 Å². The lowest BCUT2D eigenvalue weighted by Gasteiger charge is -2.05. The molecule has 2 nitrogen and oxygen atoms in total. The van der Waals surface area contributed by atoms with Gasteiger partial charge in [0.2, 0.25) is 0 Å². The number of nitrogens with zero attached hydrogens (tertiary/aromatic N) is 1. The van der Waals surface area contributed by atoms with Crippen LogP contribution in [0.4, 0.5) is 0 Å². The molecule has 0 aliphatic carbocycles. The van der Waals surface area contributed by atoms with Crippen LogP contribution >= 0.6 is 0 Å². The second kappa shape index (κ2) is 6.11. The van der Waals surface area contributed by atoms with Crippen molar-refractivity contribution in [2.75, 3.05) is 13.7 Å². The SMILES string of the molecule is CCCC(COC)N=S. The van der Waals surface area contributed by atoms with Crippen molar-refractivity contribution in [3.63, 3.8) is 0 Å². The van der Waals surface area contributed by atoms with Gasteiger partial charge in [0.15, 0.2) is 0 Å². The normalized spacial score (nSPS) is 13.1. The quantitative estimate of drug-likeness (QED) is 0.588. The fraction of sp³-hybridized carbons (Fsp3) is 1.00. The maximum absolute atomic E-state index is 4.89. The summed E-state index contributed by atoms with van der Waals surface area (Å²) in [5, 5.41) is 0. The summed E-state index contributed by atoms with van der Waals surface area (Å²) < 4.78 is 8.61. The molecule has 0 aromatic rings. The van der Waals surface area contributed by atoms with Gasteiger partial charge in [-0.2, -0.15) is 0 Å². The Morgan fingerprint density at radius 2 is 2.33 bits per heavy atom. The first kappa shape index (κ1) is 8.98. The van der Waals surface area contributed by atoms with E-state index in [0.717, 1.165) is 12.8 Å². The molecule has 0 aliphatic rings. The van der Waals surface area contributed by atoms with E-state index in [1.165, 1.54) is 0 Å². The molecule has 0 saturated carbocycles. The third kappa shape index (κ3) is 4.48. The Morgan fingerprint density at radius 3 is 2.67 bits per heavy atom. The van der Waals surface area contributed by atoms with Crippen LogP contribution in [0.25, 0.3) is 0 Å². The molecule has 0 aliphatic heterocycles. The number of rotatable bonds is 5. The Kier molecular flexibility index (Phi) is 6.09. The molecule has 54 valence electrons. The van der Waals surface area contributed by atoms with Gasteiger partial charge in [-0.1, -0.05) is 13.3 Å². The van der Waals surface area contributed by atoms with E-state index in [0.29, 0.717) is 6.61 Å². The number of hydrogen-bond donors (Lipinski definition) is 0. The van der Waals surface area contributed by atoms with E-state index in [4.69, 9.17) is 4.74 Å². The van der Waals surface area contributed by atoms with Gasteiger partial charge in [-0.25, -0.2) is 4.36 Å². The minimum atomic E-state index is 0.231. The van der Waals surface area contributed by atoms with Crippen molar-refractivity contribution in [2.45, 2.75) is 25.8 Å². The highest BCUT2D eigenvalue weighted by atomic mass is 32.1. The maximum atomic E-state index is 4.89. The largest absolute Gasteiger partial charge is 0.382 e. The Labute approximate surface area is 61.8 Å². The van der Waals surface area contributed by atoms with Crippen LogP contribution in [-0.4, -0.2) is 19.8 Å². The zero-order valence-corrected chi connectivity index (χ0v) is 6.78. The van der Waals surface area contributed by atoms with Crippen molar-refractivity contribution < 1.29 is 4.74 Å². The Bertz CT molecular complexity index is 71.5. The molecular weight excluding hydrogens is 134 g/mol. The molecule has 0 radical (unpaired) electrons. The van der Waals surface area contributed by atoms with E-state index in [9.17, 15) is 0 Å². The summed E-state index contributed by atoms with van der Waals surface area (Å²) in [6, 6.07) is 0.231. The minimum Gasteiger partial charge on any atom is -0.382 e. The smallest absolute Gasteiger partial charge is 0.0863 e. The molecule has 0 aromatic carbocycles. The fourth-order valence-electron chi connectivity index (χ4n) is 0.692. The molecule has 0 saturated heterocycles. The van der Waals surface area contributed by atoms with Crippen LogP contribution in [0.2, 0.25) is 0 Å². The summed E-state index contributed by atoms with van der Waals surface area (Å²) in [5.74, 6) is 0. The Balaban J connectivity index is 3.29. The van der Waals surface area contributed by atoms with Crippen LogP contribution in [0.5, 0.6) is 0 Å². The van der Waals surface area contributed by atoms with Crippen molar-refractivity contribution >= 4 is 12.4 Å². The third-order valence-corrected chi connectivity index (χ3v) is 1.43. The van der Waals surface area contributed by atoms with E-state index in [1.807, 2.05) is 0 Å². The van der Waals surface area contributed by atoms with Gasteiger partial charge in [0, 0.05) is 19.5 Å². The molecule has 0 spiro atoms. The molecule has 0 amide bonds. The lowest BCUT2D eigenvalue weighted by atomic mass is 10.2. The average molecular weight is 147 g/mol. The molecule has 1 unspecified atom stereocenters. The Morgan fingerprint density at radius 1 is 1.67 bits per heavy atom. The topological polar surface area (TPSA) is 21.6 Å². The lowest BCUT2D eigenvalue weighted by Crippen LogP contribution is -2.10. The molecule has 1 atom stereocenters. The van der Waals surface area contributed by atoms with Gasteiger partial charge in [0.05, 0.1) is 12.6 Å². The molecule has 3 heteroatoms. The van der Waals surface area contributed by atoms with Crippen LogP contribution < -0.4 is 0 Å². The second-order valence-corrected chi connectivity index (χ2v) is 2.21. The van der Waals surface area contributed by atoms with E-state index >= 15 is 0 Å². The number of hydrogen-bond acceptors (Lipinski definition) is 3. The summed E-state index contributed by atoms with van der Waals surface area (Å²) in [6.45, 7) is 2.78. The highest BCUT2D eigenvalue weighted by Gasteiger charge is 2.02. The summed E-state index contributed by atoms with van der Waals surface area (Å²) in [5.41, 5.74) is 0. The highest BCUT2D eigenvalue weighted by molar-refractivity contribution is 7.47. The van der Waals surface area contributed by atoms with Gasteiger partial charge < -0.3 is 4.74 Å². The van der Waals surface area contributed by atoms with E-state index < -0.39 is 0 Å².